The second kappa shape index (κ2) is 9.53. The van der Waals surface area contributed by atoms with Gasteiger partial charge in [0.05, 0.1) is 10.4 Å². The van der Waals surface area contributed by atoms with Crippen LogP contribution in [0.5, 0.6) is 0 Å². The number of thiophene rings is 1. The lowest BCUT2D eigenvalue weighted by Crippen LogP contribution is -2.13. The van der Waals surface area contributed by atoms with Crippen molar-refractivity contribution in [2.75, 3.05) is 13.2 Å². The van der Waals surface area contributed by atoms with Crippen LogP contribution < -0.4 is 5.32 Å². The summed E-state index contributed by atoms with van der Waals surface area (Å²) in [4.78, 5) is 12.4. The fraction of sp³-hybridized carbons (Fsp3) is 0.615. The molecule has 0 saturated carbocycles. The van der Waals surface area contributed by atoms with Crippen molar-refractivity contribution in [1.29, 1.82) is 0 Å². The number of esters is 1. The van der Waals surface area contributed by atoms with Crippen LogP contribution in [0.3, 0.4) is 0 Å². The van der Waals surface area contributed by atoms with Crippen LogP contribution in [0.2, 0.25) is 0 Å². The molecule has 1 heterocycles. The number of halogens is 1. The lowest BCUT2D eigenvalue weighted by molar-refractivity contribution is -0.143. The molecular weight excluding hydrogens is 314 g/mol. The monoisotopic (exact) mass is 333 g/mol. The Kier molecular flexibility index (Phi) is 8.29. The fourth-order valence-electron chi connectivity index (χ4n) is 1.59. The zero-order valence-electron chi connectivity index (χ0n) is 10.7. The predicted molar refractivity (Wildman–Crippen MR) is 78.8 cm³/mol. The predicted octanol–water partition coefficient (Wildman–Crippen LogP) is 3.72. The molecule has 1 aromatic heterocycles. The molecule has 0 aliphatic rings. The molecule has 1 aromatic rings. The van der Waals surface area contributed by atoms with E-state index in [9.17, 15) is 4.79 Å². The third-order valence-corrected chi connectivity index (χ3v) is 4.09. The van der Waals surface area contributed by atoms with Crippen molar-refractivity contribution in [3.05, 3.63) is 20.8 Å². The van der Waals surface area contributed by atoms with E-state index in [1.165, 1.54) is 8.66 Å². The van der Waals surface area contributed by atoms with Crippen LogP contribution in [0.4, 0.5) is 0 Å². The number of hydrogen-bond acceptors (Lipinski definition) is 4. The molecule has 3 nitrogen and oxygen atoms in total. The Morgan fingerprint density at radius 1 is 1.39 bits per heavy atom. The molecule has 0 atom stereocenters. The SMILES string of the molecule is CCOC(=O)CCCCCNCc1ccc(Br)s1. The highest BCUT2D eigenvalue weighted by Gasteiger charge is 2.00. The van der Waals surface area contributed by atoms with Gasteiger partial charge in [0, 0.05) is 17.8 Å². The Labute approximate surface area is 121 Å². The van der Waals surface area contributed by atoms with E-state index in [4.69, 9.17) is 4.74 Å². The van der Waals surface area contributed by atoms with Gasteiger partial charge in [0.25, 0.3) is 0 Å². The molecule has 18 heavy (non-hydrogen) atoms. The lowest BCUT2D eigenvalue weighted by Gasteiger charge is -2.03. The summed E-state index contributed by atoms with van der Waals surface area (Å²) in [5.41, 5.74) is 0. The van der Waals surface area contributed by atoms with Crippen LogP contribution >= 0.6 is 27.3 Å². The second-order valence-electron chi connectivity index (χ2n) is 4.00. The molecule has 1 rings (SSSR count). The Balaban J connectivity index is 1.91. The third-order valence-electron chi connectivity index (χ3n) is 2.47. The molecule has 1 N–H and O–H groups in total. The zero-order chi connectivity index (χ0) is 13.2. The van der Waals surface area contributed by atoms with Gasteiger partial charge in [-0.15, -0.1) is 11.3 Å². The van der Waals surface area contributed by atoms with E-state index in [2.05, 4.69) is 33.4 Å². The number of rotatable bonds is 9. The highest BCUT2D eigenvalue weighted by Crippen LogP contribution is 2.21. The van der Waals surface area contributed by atoms with Gasteiger partial charge in [-0.25, -0.2) is 0 Å². The van der Waals surface area contributed by atoms with Crippen molar-refractivity contribution in [1.82, 2.24) is 5.32 Å². The summed E-state index contributed by atoms with van der Waals surface area (Å²) in [6.07, 6.45) is 3.64. The van der Waals surface area contributed by atoms with Crippen molar-refractivity contribution in [3.63, 3.8) is 0 Å². The zero-order valence-corrected chi connectivity index (χ0v) is 13.1. The summed E-state index contributed by atoms with van der Waals surface area (Å²) in [6, 6.07) is 4.20. The molecule has 0 aromatic carbocycles. The molecule has 0 fully saturated rings. The van der Waals surface area contributed by atoms with Crippen molar-refractivity contribution in [2.45, 2.75) is 39.2 Å². The molecule has 0 saturated heterocycles. The number of nitrogens with one attached hydrogen (secondary N) is 1. The van der Waals surface area contributed by atoms with E-state index in [1.54, 1.807) is 11.3 Å². The summed E-state index contributed by atoms with van der Waals surface area (Å²) in [6.45, 7) is 4.24. The minimum atomic E-state index is -0.0751. The largest absolute Gasteiger partial charge is 0.466 e. The molecule has 0 bridgehead atoms. The number of carbonyl (C=O) groups excluding carboxylic acids is 1. The van der Waals surface area contributed by atoms with Gasteiger partial charge in [0.2, 0.25) is 0 Å². The van der Waals surface area contributed by atoms with E-state index in [1.807, 2.05) is 6.92 Å². The number of unbranched alkanes of at least 4 members (excludes halogenated alkanes) is 2. The van der Waals surface area contributed by atoms with Crippen LogP contribution in [0.15, 0.2) is 15.9 Å². The van der Waals surface area contributed by atoms with Crippen LogP contribution in [0, 0.1) is 0 Å². The average Bonchev–Trinajstić information content (AvgIpc) is 2.74. The maximum atomic E-state index is 11.1. The maximum absolute atomic E-state index is 11.1. The second-order valence-corrected chi connectivity index (χ2v) is 6.55. The molecule has 102 valence electrons. The van der Waals surface area contributed by atoms with Crippen LogP contribution in [-0.4, -0.2) is 19.1 Å². The van der Waals surface area contributed by atoms with E-state index in [0.29, 0.717) is 13.0 Å². The molecule has 0 unspecified atom stereocenters. The van der Waals surface area contributed by atoms with Crippen LogP contribution in [0.25, 0.3) is 0 Å². The molecule has 0 spiro atoms. The number of hydrogen-bond donors (Lipinski definition) is 1. The number of carbonyl (C=O) groups is 1. The van der Waals surface area contributed by atoms with Gasteiger partial charge in [0.1, 0.15) is 0 Å². The molecule has 0 aliphatic heterocycles. The summed E-state index contributed by atoms with van der Waals surface area (Å²) in [5, 5.41) is 3.40. The Morgan fingerprint density at radius 2 is 2.22 bits per heavy atom. The first-order valence-corrected chi connectivity index (χ1v) is 7.94. The Bertz CT molecular complexity index is 355. The summed E-state index contributed by atoms with van der Waals surface area (Å²) in [7, 11) is 0. The molecule has 0 amide bonds. The first-order valence-electron chi connectivity index (χ1n) is 6.33. The smallest absolute Gasteiger partial charge is 0.305 e. The molecule has 0 radical (unpaired) electrons. The van der Waals surface area contributed by atoms with Crippen molar-refractivity contribution in [2.24, 2.45) is 0 Å². The van der Waals surface area contributed by atoms with E-state index < -0.39 is 0 Å². The third kappa shape index (κ3) is 7.13. The van der Waals surface area contributed by atoms with Crippen LogP contribution in [0.1, 0.15) is 37.5 Å². The first kappa shape index (κ1) is 15.7. The van der Waals surface area contributed by atoms with Crippen molar-refractivity contribution >= 4 is 33.2 Å². The fourth-order valence-corrected chi connectivity index (χ4v) is 3.04. The lowest BCUT2D eigenvalue weighted by atomic mass is 10.2. The standard InChI is InChI=1S/C13H20BrNO2S/c1-2-17-13(16)6-4-3-5-9-15-10-11-7-8-12(14)18-11/h7-8,15H,2-6,9-10H2,1H3. The Hall–Kier alpha value is -0.390. The first-order chi connectivity index (χ1) is 8.72. The highest BCUT2D eigenvalue weighted by atomic mass is 79.9. The Morgan fingerprint density at radius 3 is 2.89 bits per heavy atom. The minimum absolute atomic E-state index is 0.0751. The highest BCUT2D eigenvalue weighted by molar-refractivity contribution is 9.11. The van der Waals surface area contributed by atoms with Gasteiger partial charge < -0.3 is 10.1 Å². The van der Waals surface area contributed by atoms with Crippen molar-refractivity contribution in [3.8, 4) is 0 Å². The summed E-state index contributed by atoms with van der Waals surface area (Å²) < 4.78 is 6.05. The van der Waals surface area contributed by atoms with Crippen LogP contribution in [-0.2, 0) is 16.1 Å². The molecular formula is C13H20BrNO2S. The topological polar surface area (TPSA) is 38.3 Å². The van der Waals surface area contributed by atoms with Gasteiger partial charge in [-0.3, -0.25) is 4.79 Å². The number of ether oxygens (including phenoxy) is 1. The van der Waals surface area contributed by atoms with Gasteiger partial charge in [-0.1, -0.05) is 6.42 Å². The van der Waals surface area contributed by atoms with E-state index in [0.717, 1.165) is 32.4 Å². The van der Waals surface area contributed by atoms with E-state index in [-0.39, 0.29) is 5.97 Å². The average molecular weight is 334 g/mol. The van der Waals surface area contributed by atoms with Gasteiger partial charge in [0.15, 0.2) is 0 Å². The minimum Gasteiger partial charge on any atom is -0.466 e. The van der Waals surface area contributed by atoms with Gasteiger partial charge in [-0.05, 0) is 54.4 Å². The summed E-state index contributed by atoms with van der Waals surface area (Å²) >= 11 is 5.21. The van der Waals surface area contributed by atoms with Gasteiger partial charge in [-0.2, -0.15) is 0 Å². The summed E-state index contributed by atoms with van der Waals surface area (Å²) in [5.74, 6) is -0.0751. The van der Waals surface area contributed by atoms with E-state index >= 15 is 0 Å². The molecule has 5 heteroatoms. The molecule has 0 aliphatic carbocycles. The quantitative estimate of drug-likeness (QED) is 0.552. The van der Waals surface area contributed by atoms with Crippen molar-refractivity contribution < 1.29 is 9.53 Å². The normalized spacial score (nSPS) is 10.6. The maximum Gasteiger partial charge on any atom is 0.305 e. The van der Waals surface area contributed by atoms with Gasteiger partial charge >= 0.3 is 5.97 Å².